The van der Waals surface area contributed by atoms with Gasteiger partial charge in [0.1, 0.15) is 0 Å². The smallest absolute Gasteiger partial charge is 0.242 e. The minimum absolute atomic E-state index is 0.263. The molecule has 2 rings (SSSR count). The van der Waals surface area contributed by atoms with Gasteiger partial charge >= 0.3 is 0 Å². The van der Waals surface area contributed by atoms with E-state index < -0.39 is 10.0 Å². The molecule has 0 spiro atoms. The molecule has 2 aromatic heterocycles. The van der Waals surface area contributed by atoms with E-state index in [9.17, 15) is 8.42 Å². The molecule has 0 aromatic carbocycles. The molecule has 0 aliphatic carbocycles. The molecule has 0 amide bonds. The van der Waals surface area contributed by atoms with Gasteiger partial charge in [0.2, 0.25) is 10.0 Å². The third-order valence-electron chi connectivity index (χ3n) is 3.28. The van der Waals surface area contributed by atoms with E-state index in [1.807, 2.05) is 23.6 Å². The second-order valence-electron chi connectivity index (χ2n) is 4.66. The average Bonchev–Trinajstić information content (AvgIpc) is 2.92. The molecule has 6 nitrogen and oxygen atoms in total. The van der Waals surface area contributed by atoms with Crippen molar-refractivity contribution in [2.75, 3.05) is 6.54 Å². The van der Waals surface area contributed by atoms with Crippen molar-refractivity contribution in [1.29, 1.82) is 0 Å². The number of aryl methyl sites for hydroxylation is 1. The molecule has 0 aliphatic heterocycles. The number of pyridine rings is 1. The van der Waals surface area contributed by atoms with E-state index in [0.717, 1.165) is 11.3 Å². The SMILES string of the molecule is CCn1cc(S(=O)(=O)NCCc2ccncc2)cc1CN. The first kappa shape index (κ1) is 15.7. The van der Waals surface area contributed by atoms with E-state index in [4.69, 9.17) is 5.73 Å². The largest absolute Gasteiger partial charge is 0.349 e. The van der Waals surface area contributed by atoms with Gasteiger partial charge < -0.3 is 10.3 Å². The second-order valence-corrected chi connectivity index (χ2v) is 6.43. The lowest BCUT2D eigenvalue weighted by Gasteiger charge is -2.05. The molecule has 21 heavy (non-hydrogen) atoms. The van der Waals surface area contributed by atoms with Crippen molar-refractivity contribution in [2.24, 2.45) is 5.73 Å². The van der Waals surface area contributed by atoms with Crippen LogP contribution in [0.25, 0.3) is 0 Å². The van der Waals surface area contributed by atoms with Crippen molar-refractivity contribution in [3.8, 4) is 0 Å². The highest BCUT2D eigenvalue weighted by Crippen LogP contribution is 2.14. The highest BCUT2D eigenvalue weighted by atomic mass is 32.2. The fourth-order valence-corrected chi connectivity index (χ4v) is 3.20. The molecule has 114 valence electrons. The van der Waals surface area contributed by atoms with Crippen LogP contribution in [0.3, 0.4) is 0 Å². The number of nitrogens with zero attached hydrogens (tertiary/aromatic N) is 2. The zero-order valence-electron chi connectivity index (χ0n) is 12.0. The molecule has 0 fully saturated rings. The summed E-state index contributed by atoms with van der Waals surface area (Å²) in [6.07, 6.45) is 5.63. The normalized spacial score (nSPS) is 11.7. The summed E-state index contributed by atoms with van der Waals surface area (Å²) in [6.45, 7) is 3.31. The van der Waals surface area contributed by atoms with Gasteiger partial charge in [-0.1, -0.05) is 0 Å². The summed E-state index contributed by atoms with van der Waals surface area (Å²) in [4.78, 5) is 4.19. The molecule has 0 saturated carbocycles. The van der Waals surface area contributed by atoms with Crippen molar-refractivity contribution in [2.45, 2.75) is 31.3 Å². The summed E-state index contributed by atoms with van der Waals surface area (Å²) >= 11 is 0. The van der Waals surface area contributed by atoms with Gasteiger partial charge in [-0.2, -0.15) is 0 Å². The van der Waals surface area contributed by atoms with Crippen LogP contribution in [0.2, 0.25) is 0 Å². The van der Waals surface area contributed by atoms with Crippen LogP contribution < -0.4 is 10.5 Å². The summed E-state index contributed by atoms with van der Waals surface area (Å²) in [5, 5.41) is 0. The van der Waals surface area contributed by atoms with Gasteiger partial charge in [0.05, 0.1) is 4.90 Å². The van der Waals surface area contributed by atoms with Crippen molar-refractivity contribution in [1.82, 2.24) is 14.3 Å². The Morgan fingerprint density at radius 2 is 2.05 bits per heavy atom. The molecule has 0 saturated heterocycles. The Kier molecular flexibility index (Phi) is 5.11. The van der Waals surface area contributed by atoms with E-state index in [1.54, 1.807) is 24.7 Å². The first-order valence-electron chi connectivity index (χ1n) is 6.84. The minimum Gasteiger partial charge on any atom is -0.349 e. The van der Waals surface area contributed by atoms with Gasteiger partial charge in [-0.05, 0) is 37.1 Å². The van der Waals surface area contributed by atoms with Crippen molar-refractivity contribution < 1.29 is 8.42 Å². The van der Waals surface area contributed by atoms with Crippen LogP contribution in [-0.2, 0) is 29.5 Å². The molecule has 2 heterocycles. The van der Waals surface area contributed by atoms with Gasteiger partial charge in [0, 0.05) is 43.9 Å². The van der Waals surface area contributed by atoms with Crippen LogP contribution in [0.1, 0.15) is 18.2 Å². The molecule has 3 N–H and O–H groups in total. The van der Waals surface area contributed by atoms with Crippen molar-refractivity contribution in [3.05, 3.63) is 48.0 Å². The van der Waals surface area contributed by atoms with Gasteiger partial charge in [-0.15, -0.1) is 0 Å². The average molecular weight is 308 g/mol. The van der Waals surface area contributed by atoms with Gasteiger partial charge in [-0.3, -0.25) is 4.98 Å². The third kappa shape index (κ3) is 3.90. The van der Waals surface area contributed by atoms with Crippen LogP contribution in [0.15, 0.2) is 41.7 Å². The second kappa shape index (κ2) is 6.84. The molecule has 0 radical (unpaired) electrons. The molecule has 7 heteroatoms. The number of aromatic nitrogens is 2. The summed E-state index contributed by atoms with van der Waals surface area (Å²) in [5.74, 6) is 0. The van der Waals surface area contributed by atoms with E-state index in [-0.39, 0.29) is 4.90 Å². The predicted molar refractivity (Wildman–Crippen MR) is 81.1 cm³/mol. The maximum atomic E-state index is 12.2. The highest BCUT2D eigenvalue weighted by molar-refractivity contribution is 7.89. The van der Waals surface area contributed by atoms with E-state index in [2.05, 4.69) is 9.71 Å². The zero-order valence-corrected chi connectivity index (χ0v) is 12.8. The number of hydrogen-bond donors (Lipinski definition) is 2. The summed E-state index contributed by atoms with van der Waals surface area (Å²) in [7, 11) is -3.49. The Balaban J connectivity index is 2.03. The molecular weight excluding hydrogens is 288 g/mol. The predicted octanol–water partition coefficient (Wildman–Crippen LogP) is 0.883. The first-order chi connectivity index (χ1) is 10.1. The minimum atomic E-state index is -3.49. The Labute approximate surface area is 125 Å². The van der Waals surface area contributed by atoms with E-state index in [1.165, 1.54) is 0 Å². The molecule has 0 bridgehead atoms. The maximum Gasteiger partial charge on any atom is 0.242 e. The van der Waals surface area contributed by atoms with Gasteiger partial charge in [0.25, 0.3) is 0 Å². The third-order valence-corrected chi connectivity index (χ3v) is 4.70. The summed E-state index contributed by atoms with van der Waals surface area (Å²) in [6, 6.07) is 5.36. The first-order valence-corrected chi connectivity index (χ1v) is 8.33. The molecule has 2 aromatic rings. The quantitative estimate of drug-likeness (QED) is 0.794. The summed E-state index contributed by atoms with van der Waals surface area (Å²) < 4.78 is 28.9. The van der Waals surface area contributed by atoms with E-state index >= 15 is 0 Å². The Morgan fingerprint density at radius 3 is 2.62 bits per heavy atom. The Bertz CT molecular complexity index is 659. The zero-order chi connectivity index (χ0) is 15.3. The highest BCUT2D eigenvalue weighted by Gasteiger charge is 2.17. The van der Waals surface area contributed by atoms with Crippen LogP contribution >= 0.6 is 0 Å². The van der Waals surface area contributed by atoms with Crippen LogP contribution in [0.4, 0.5) is 0 Å². The fraction of sp³-hybridized carbons (Fsp3) is 0.357. The van der Waals surface area contributed by atoms with Gasteiger partial charge in [-0.25, -0.2) is 13.1 Å². The van der Waals surface area contributed by atoms with Crippen LogP contribution in [0.5, 0.6) is 0 Å². The monoisotopic (exact) mass is 308 g/mol. The number of nitrogens with one attached hydrogen (secondary N) is 1. The summed E-state index contributed by atoms with van der Waals surface area (Å²) in [5.41, 5.74) is 7.47. The fourth-order valence-electron chi connectivity index (χ4n) is 2.10. The molecule has 0 aliphatic rings. The van der Waals surface area contributed by atoms with Gasteiger partial charge in [0.15, 0.2) is 0 Å². The van der Waals surface area contributed by atoms with Crippen LogP contribution in [0, 0.1) is 0 Å². The molecular formula is C14H20N4O2S. The van der Waals surface area contributed by atoms with Crippen molar-refractivity contribution in [3.63, 3.8) is 0 Å². The van der Waals surface area contributed by atoms with Crippen LogP contribution in [-0.4, -0.2) is 24.5 Å². The Morgan fingerprint density at radius 1 is 1.33 bits per heavy atom. The Hall–Kier alpha value is -1.70. The maximum absolute atomic E-state index is 12.2. The lowest BCUT2D eigenvalue weighted by atomic mass is 10.2. The molecule has 0 unspecified atom stereocenters. The van der Waals surface area contributed by atoms with Crippen molar-refractivity contribution >= 4 is 10.0 Å². The number of rotatable bonds is 7. The number of sulfonamides is 1. The lowest BCUT2D eigenvalue weighted by Crippen LogP contribution is -2.25. The number of nitrogens with two attached hydrogens (primary N) is 1. The molecule has 0 atom stereocenters. The lowest BCUT2D eigenvalue weighted by molar-refractivity contribution is 0.581. The topological polar surface area (TPSA) is 90.0 Å². The van der Waals surface area contributed by atoms with E-state index in [0.29, 0.717) is 26.1 Å². The standard InChI is InChI=1S/C14H20N4O2S/c1-2-18-11-14(9-13(18)10-15)21(19,20)17-8-5-12-3-6-16-7-4-12/h3-4,6-7,9,11,17H,2,5,8,10,15H2,1H3. The number of hydrogen-bond acceptors (Lipinski definition) is 4.